The van der Waals surface area contributed by atoms with E-state index in [0.29, 0.717) is 38.5 Å². The number of ether oxygens (including phenoxy) is 5. The number of aliphatic hydroxyl groups excluding tert-OH is 3. The van der Waals surface area contributed by atoms with Crippen LogP contribution in [-0.4, -0.2) is 158 Å². The van der Waals surface area contributed by atoms with Crippen LogP contribution in [0.4, 0.5) is 0 Å². The van der Waals surface area contributed by atoms with Gasteiger partial charge in [0.25, 0.3) is 0 Å². The first-order valence-electron chi connectivity index (χ1n) is 16.3. The van der Waals surface area contributed by atoms with E-state index in [1.54, 1.807) is 7.05 Å². The number of carbonyl (C=O) groups excluding carboxylic acids is 1. The Labute approximate surface area is 285 Å². The van der Waals surface area contributed by atoms with Crippen LogP contribution < -0.4 is 50.2 Å². The fraction of sp³-hybridized carbons (Fsp3) is 0.857. The quantitative estimate of drug-likeness (QED) is 0.0207. The minimum atomic E-state index is -1.48. The Hall–Kier alpha value is -2.48. The van der Waals surface area contributed by atoms with E-state index >= 15 is 0 Å². The maximum atomic E-state index is 12.8. The highest BCUT2D eigenvalue weighted by atomic mass is 16.7. The average molecular weight is 709 g/mol. The Kier molecular flexibility index (Phi) is 16.5. The number of nitrogens with one attached hydrogen (secondary N) is 4. The number of hydrazone groups is 1. The zero-order chi connectivity index (χ0) is 36.1. The molecule has 3 aliphatic rings. The summed E-state index contributed by atoms with van der Waals surface area (Å²) in [5, 5.41) is 55.5. The zero-order valence-electron chi connectivity index (χ0n) is 28.0. The van der Waals surface area contributed by atoms with E-state index in [4.69, 9.17) is 57.3 Å². The molecule has 21 nitrogen and oxygen atoms in total. The summed E-state index contributed by atoms with van der Waals surface area (Å²) in [5.74, 6) is 4.75. The molecule has 3 rings (SSSR count). The summed E-state index contributed by atoms with van der Waals surface area (Å²) in [6, 6.07) is -3.20. The number of hydroxylamine groups is 1. The van der Waals surface area contributed by atoms with Crippen LogP contribution in [0.1, 0.15) is 26.2 Å². The Balaban J connectivity index is 1.61. The first-order valence-corrected chi connectivity index (χ1v) is 16.3. The van der Waals surface area contributed by atoms with E-state index < -0.39 is 78.8 Å². The van der Waals surface area contributed by atoms with Crippen molar-refractivity contribution in [1.82, 2.24) is 21.4 Å². The molecule has 1 aliphatic carbocycles. The SMILES string of the molecule is CN[C@@H]1[C@@H](O)[C@@H](O[C@@H]2[C@@H](O)[C@H](O[C@H]3OC(CNCCOCCONC(N)=NN)=CC[C@H]3N)[C@@H](N)C[C@H]2NC(=O)[C@@H](O)CCN)OC[C@]1(C)O. The van der Waals surface area contributed by atoms with Gasteiger partial charge in [0.15, 0.2) is 6.29 Å². The van der Waals surface area contributed by atoms with Crippen LogP contribution in [0.25, 0.3) is 0 Å². The molecule has 0 spiro atoms. The highest BCUT2D eigenvalue weighted by molar-refractivity contribution is 5.80. The number of guanidine groups is 1. The summed E-state index contributed by atoms with van der Waals surface area (Å²) >= 11 is 0. The molecular formula is C28H56N10O11. The fourth-order valence-electron chi connectivity index (χ4n) is 5.80. The van der Waals surface area contributed by atoms with Gasteiger partial charge >= 0.3 is 0 Å². The van der Waals surface area contributed by atoms with Crippen LogP contribution in [0.3, 0.4) is 0 Å². The number of hydrogen-bond acceptors (Lipinski definition) is 18. The fourth-order valence-corrected chi connectivity index (χ4v) is 5.80. The molecule has 21 heteroatoms. The first-order chi connectivity index (χ1) is 23.3. The van der Waals surface area contributed by atoms with Crippen LogP contribution in [-0.2, 0) is 33.3 Å². The van der Waals surface area contributed by atoms with Crippen molar-refractivity contribution in [1.29, 1.82) is 0 Å². The van der Waals surface area contributed by atoms with Gasteiger partial charge in [0.2, 0.25) is 18.2 Å². The van der Waals surface area contributed by atoms with E-state index in [9.17, 15) is 25.2 Å². The van der Waals surface area contributed by atoms with E-state index in [1.807, 2.05) is 6.08 Å². The normalized spacial score (nSPS) is 36.0. The number of carbonyl (C=O) groups is 1. The van der Waals surface area contributed by atoms with Gasteiger partial charge in [0, 0.05) is 12.6 Å². The van der Waals surface area contributed by atoms with Gasteiger partial charge in [-0.1, -0.05) is 0 Å². The molecule has 0 aromatic rings. The van der Waals surface area contributed by atoms with Crippen molar-refractivity contribution in [3.05, 3.63) is 11.8 Å². The van der Waals surface area contributed by atoms with Crippen LogP contribution in [0, 0.1) is 0 Å². The molecule has 2 aliphatic heterocycles. The van der Waals surface area contributed by atoms with Crippen LogP contribution in [0.2, 0.25) is 0 Å². The van der Waals surface area contributed by atoms with Gasteiger partial charge in [-0.15, -0.1) is 5.10 Å². The molecule has 49 heavy (non-hydrogen) atoms. The third-order valence-corrected chi connectivity index (χ3v) is 8.41. The van der Waals surface area contributed by atoms with Gasteiger partial charge in [-0.05, 0) is 45.9 Å². The lowest BCUT2D eigenvalue weighted by Gasteiger charge is -2.48. The minimum Gasteiger partial charge on any atom is -0.467 e. The molecule has 0 bridgehead atoms. The van der Waals surface area contributed by atoms with Crippen molar-refractivity contribution in [3.63, 3.8) is 0 Å². The molecule has 2 heterocycles. The van der Waals surface area contributed by atoms with E-state index in [1.165, 1.54) is 6.92 Å². The smallest absolute Gasteiger partial charge is 0.249 e. The maximum Gasteiger partial charge on any atom is 0.249 e. The van der Waals surface area contributed by atoms with Crippen molar-refractivity contribution >= 4 is 11.9 Å². The van der Waals surface area contributed by atoms with E-state index in [-0.39, 0.29) is 38.6 Å². The molecule has 1 saturated heterocycles. The molecule has 284 valence electrons. The topological polar surface area (TPSA) is 344 Å². The van der Waals surface area contributed by atoms with Gasteiger partial charge in [-0.25, -0.2) is 5.48 Å². The second kappa shape index (κ2) is 19.8. The molecular weight excluding hydrogens is 652 g/mol. The summed E-state index contributed by atoms with van der Waals surface area (Å²) in [6.45, 7) is 3.12. The van der Waals surface area contributed by atoms with Crippen molar-refractivity contribution in [2.24, 2.45) is 33.9 Å². The molecule has 0 aromatic carbocycles. The third-order valence-electron chi connectivity index (χ3n) is 8.41. The zero-order valence-corrected chi connectivity index (χ0v) is 28.0. The Morgan fingerprint density at radius 1 is 1.14 bits per heavy atom. The maximum absolute atomic E-state index is 12.8. The molecule has 1 saturated carbocycles. The molecule has 0 radical (unpaired) electrons. The Bertz CT molecular complexity index is 1080. The van der Waals surface area contributed by atoms with Crippen molar-refractivity contribution in [2.75, 3.05) is 53.1 Å². The van der Waals surface area contributed by atoms with E-state index in [2.05, 4.69) is 26.5 Å². The minimum absolute atomic E-state index is 0.0107. The van der Waals surface area contributed by atoms with Gasteiger partial charge in [0.05, 0.1) is 51.1 Å². The second-order valence-corrected chi connectivity index (χ2v) is 12.4. The summed E-state index contributed by atoms with van der Waals surface area (Å²) < 4.78 is 29.4. The standard InChI is InChI=1S/C28H56N10O11/c1-28(43)13-45-26(20(41)23(28)34-2)49-22-17(36-24(42)18(39)5-6-29)11-16(31)21(19(22)40)48-25-15(30)4-3-14(47-25)12-35-7-8-44-9-10-46-38-27(32)37-33/h3,15-23,25-26,34-35,39-41,43H,4-13,29-31,33H2,1-2H3,(H,36,42)(H3,32,37,38)/t15-,16+,17-,18+,19+,20-,21-,22+,23-,25-,26-,28+/m1/s1. The Morgan fingerprint density at radius 2 is 1.88 bits per heavy atom. The Morgan fingerprint density at radius 3 is 2.57 bits per heavy atom. The number of nitrogens with two attached hydrogens (primary N) is 5. The van der Waals surface area contributed by atoms with Gasteiger partial charge in [-0.2, -0.15) is 0 Å². The van der Waals surface area contributed by atoms with Crippen LogP contribution >= 0.6 is 0 Å². The molecule has 0 aromatic heterocycles. The third kappa shape index (κ3) is 11.8. The number of nitrogens with zero attached hydrogens (tertiary/aromatic N) is 1. The van der Waals surface area contributed by atoms with Crippen molar-refractivity contribution < 1.29 is 53.7 Å². The summed E-state index contributed by atoms with van der Waals surface area (Å²) in [4.78, 5) is 17.8. The monoisotopic (exact) mass is 708 g/mol. The van der Waals surface area contributed by atoms with Gasteiger partial charge < -0.3 is 88.8 Å². The highest BCUT2D eigenvalue weighted by Gasteiger charge is 2.52. The van der Waals surface area contributed by atoms with Crippen molar-refractivity contribution in [3.8, 4) is 0 Å². The molecule has 2 fully saturated rings. The molecule has 12 atom stereocenters. The second-order valence-electron chi connectivity index (χ2n) is 12.4. The molecule has 0 unspecified atom stereocenters. The summed E-state index contributed by atoms with van der Waals surface area (Å²) in [6.07, 6.45) is -6.56. The lowest BCUT2D eigenvalue weighted by atomic mass is 9.83. The van der Waals surface area contributed by atoms with Crippen LogP contribution in [0.5, 0.6) is 0 Å². The number of amides is 1. The molecule has 18 N–H and O–H groups in total. The van der Waals surface area contributed by atoms with E-state index in [0.717, 1.165) is 0 Å². The summed E-state index contributed by atoms with van der Waals surface area (Å²) in [5.41, 5.74) is 24.6. The number of hydrogen-bond donors (Lipinski definition) is 13. The number of rotatable bonds is 18. The lowest BCUT2D eigenvalue weighted by molar-refractivity contribution is -0.304. The number of likely N-dealkylation sites (N-methyl/N-ethyl adjacent to an activating group) is 1. The predicted octanol–water partition coefficient (Wildman–Crippen LogP) is -6.63. The van der Waals surface area contributed by atoms with Gasteiger partial charge in [0.1, 0.15) is 41.9 Å². The summed E-state index contributed by atoms with van der Waals surface area (Å²) in [7, 11) is 1.57. The van der Waals surface area contributed by atoms with Crippen LogP contribution in [0.15, 0.2) is 16.9 Å². The number of aliphatic hydroxyl groups is 4. The molecule has 1 amide bonds. The first kappa shape index (κ1) is 40.9. The highest BCUT2D eigenvalue weighted by Crippen LogP contribution is 2.32. The predicted molar refractivity (Wildman–Crippen MR) is 173 cm³/mol. The average Bonchev–Trinajstić information content (AvgIpc) is 3.06. The largest absolute Gasteiger partial charge is 0.467 e. The van der Waals surface area contributed by atoms with Gasteiger partial charge in [-0.3, -0.25) is 9.63 Å². The van der Waals surface area contributed by atoms with Crippen molar-refractivity contribution in [2.45, 2.75) is 99.1 Å². The lowest BCUT2D eigenvalue weighted by Crippen LogP contribution is -2.69.